The van der Waals surface area contributed by atoms with Gasteiger partial charge in [-0.15, -0.1) is 20.4 Å². The quantitative estimate of drug-likeness (QED) is 0.0274. The van der Waals surface area contributed by atoms with Crippen LogP contribution >= 0.6 is 0 Å². The zero-order valence-electron chi connectivity index (χ0n) is 55.2. The van der Waals surface area contributed by atoms with Crippen LogP contribution in [-0.4, -0.2) is 58.8 Å². The third-order valence-corrected chi connectivity index (χ3v) is 17.3. The topological polar surface area (TPSA) is 152 Å². The highest BCUT2D eigenvalue weighted by Crippen LogP contribution is 2.40. The van der Waals surface area contributed by atoms with E-state index in [1.807, 2.05) is 161 Å². The van der Waals surface area contributed by atoms with Gasteiger partial charge in [-0.25, -0.2) is 0 Å². The Balaban J connectivity index is 0.531. The second kappa shape index (κ2) is 33.5. The van der Waals surface area contributed by atoms with Crippen molar-refractivity contribution < 1.29 is 50.5 Å². The lowest BCUT2D eigenvalue weighted by Gasteiger charge is -2.33. The van der Waals surface area contributed by atoms with Crippen molar-refractivity contribution in [3.63, 3.8) is 0 Å². The van der Waals surface area contributed by atoms with E-state index in [-0.39, 0.29) is 23.7 Å². The fourth-order valence-corrected chi connectivity index (χ4v) is 11.6. The van der Waals surface area contributed by atoms with Crippen LogP contribution in [0.25, 0.3) is 68.1 Å². The van der Waals surface area contributed by atoms with E-state index < -0.39 is 22.6 Å². The number of esters is 2. The summed E-state index contributed by atoms with van der Waals surface area (Å²) in [5.41, 5.74) is 7.68. The first kappa shape index (κ1) is 69.0. The minimum atomic E-state index is -4.42. The molecule has 8 aromatic carbocycles. The summed E-state index contributed by atoms with van der Waals surface area (Å²) in [5.74, 6) is 2.40. The van der Waals surface area contributed by atoms with Crippen molar-refractivity contribution in [2.75, 3.05) is 31.3 Å². The number of unbranched alkanes of at least 4 members (excludes halogenated alkanes) is 11. The van der Waals surface area contributed by atoms with E-state index in [4.69, 9.17) is 27.8 Å². The number of benzene rings is 8. The predicted octanol–water partition coefficient (Wildman–Crippen LogP) is 21.4. The van der Waals surface area contributed by atoms with Crippen LogP contribution < -0.4 is 14.4 Å². The highest BCUT2D eigenvalue weighted by molar-refractivity contribution is 5.81. The Bertz CT molecular complexity index is 3950. The number of rotatable bonds is 35. The lowest BCUT2D eigenvalue weighted by atomic mass is 9.72. The largest absolute Gasteiger partial charge is 0.494 e. The van der Waals surface area contributed by atoms with Gasteiger partial charge in [0.15, 0.2) is 0 Å². The molecule has 16 heteroatoms. The van der Waals surface area contributed by atoms with Crippen LogP contribution in [0.15, 0.2) is 215 Å². The molecule has 0 bridgehead atoms. The standard InChI is InChI=1S/C80H84F3N5O8/c1-5-79(4,57-78(2,3)76(89)93-55-23-12-10-8-6-7-9-11-21-53-91-70-49-41-60(42-50-70)58-29-33-62(34-30-58)72-84-86-74(95-72)64-37-45-66(46-38-64)80(81,82)83)77(90)94-56-24-14-13-22-54-92-71-51-43-61(44-52-71)59-31-35-63(36-32-59)73-85-87-75(96-73)65-39-47-69(48-40-65)88(67-25-17-15-18-26-67)68-27-19-16-20-28-68/h15-20,25-52H,5-14,21-24,53-57H2,1-4H3. The van der Waals surface area contributed by atoms with E-state index in [2.05, 4.69) is 73.8 Å². The molecular weight excluding hydrogens is 1220 g/mol. The van der Waals surface area contributed by atoms with Crippen molar-refractivity contribution in [2.24, 2.45) is 10.8 Å². The molecule has 2 heterocycles. The van der Waals surface area contributed by atoms with Crippen LogP contribution in [0.4, 0.5) is 30.2 Å². The minimum Gasteiger partial charge on any atom is -0.494 e. The Morgan fingerprint density at radius 2 is 0.677 bits per heavy atom. The molecule has 0 N–H and O–H groups in total. The maximum Gasteiger partial charge on any atom is 0.416 e. The van der Waals surface area contributed by atoms with E-state index in [9.17, 15) is 22.8 Å². The van der Waals surface area contributed by atoms with E-state index in [0.717, 1.165) is 145 Å². The smallest absolute Gasteiger partial charge is 0.416 e. The van der Waals surface area contributed by atoms with Gasteiger partial charge in [0.25, 0.3) is 0 Å². The SMILES string of the molecule is CCC(C)(CC(C)(C)C(=O)OCCCCCCCCCCCOc1ccc(-c2ccc(-c3nnc(-c4ccc(C(F)(F)F)cc4)o3)cc2)cc1)C(=O)OCCCCCCOc1ccc(-c2ccc(-c3nnc(-c4ccc(N(c5ccccc5)c5ccccc5)cc4)o3)cc2)cc1. The normalized spacial score (nSPS) is 12.2. The number of halogens is 3. The molecule has 0 aliphatic carbocycles. The Morgan fingerprint density at radius 1 is 0.375 bits per heavy atom. The maximum absolute atomic E-state index is 13.4. The van der Waals surface area contributed by atoms with Crippen molar-refractivity contribution in [2.45, 2.75) is 130 Å². The number of alkyl halides is 3. The zero-order valence-corrected chi connectivity index (χ0v) is 55.2. The molecule has 0 amide bonds. The van der Waals surface area contributed by atoms with Crippen LogP contribution in [0.5, 0.6) is 11.5 Å². The van der Waals surface area contributed by atoms with E-state index in [0.29, 0.717) is 62.2 Å². The molecule has 1 unspecified atom stereocenters. The van der Waals surface area contributed by atoms with Gasteiger partial charge in [-0.05, 0) is 216 Å². The second-order valence-corrected chi connectivity index (χ2v) is 25.2. The van der Waals surface area contributed by atoms with E-state index in [1.165, 1.54) is 25.0 Å². The van der Waals surface area contributed by atoms with Crippen LogP contribution in [0.2, 0.25) is 0 Å². The maximum atomic E-state index is 13.4. The number of carbonyl (C=O) groups excluding carboxylic acids is 2. The van der Waals surface area contributed by atoms with Gasteiger partial charge < -0.3 is 32.7 Å². The molecule has 0 saturated heterocycles. The average molecular weight is 1300 g/mol. The highest BCUT2D eigenvalue weighted by atomic mass is 19.4. The van der Waals surface area contributed by atoms with Gasteiger partial charge in [0.05, 0.1) is 42.8 Å². The molecule has 498 valence electrons. The van der Waals surface area contributed by atoms with Crippen LogP contribution in [0.1, 0.15) is 130 Å². The number of nitrogens with zero attached hydrogens (tertiary/aromatic N) is 5. The fraction of sp³-hybridized carbons (Fsp3) is 0.325. The first-order valence-electron chi connectivity index (χ1n) is 33.5. The Kier molecular flexibility index (Phi) is 24.1. The molecule has 0 spiro atoms. The van der Waals surface area contributed by atoms with Crippen molar-refractivity contribution in [1.82, 2.24) is 20.4 Å². The van der Waals surface area contributed by atoms with E-state index >= 15 is 0 Å². The molecule has 0 saturated carbocycles. The summed E-state index contributed by atoms with van der Waals surface area (Å²) in [6.45, 7) is 9.53. The first-order chi connectivity index (χ1) is 46.6. The molecule has 0 aliphatic heterocycles. The van der Waals surface area contributed by atoms with Gasteiger partial charge in [0.1, 0.15) is 11.5 Å². The van der Waals surface area contributed by atoms with Gasteiger partial charge in [-0.1, -0.05) is 137 Å². The molecule has 10 aromatic rings. The summed E-state index contributed by atoms with van der Waals surface area (Å²) in [5, 5.41) is 16.9. The Labute approximate surface area is 561 Å². The van der Waals surface area contributed by atoms with Crippen LogP contribution in [0.3, 0.4) is 0 Å². The molecule has 0 radical (unpaired) electrons. The van der Waals surface area contributed by atoms with Crippen molar-refractivity contribution in [3.05, 3.63) is 212 Å². The Morgan fingerprint density at radius 3 is 1.04 bits per heavy atom. The lowest BCUT2D eigenvalue weighted by Crippen LogP contribution is -2.38. The van der Waals surface area contributed by atoms with Gasteiger partial charge in [-0.2, -0.15) is 13.2 Å². The lowest BCUT2D eigenvalue weighted by molar-refractivity contribution is -0.163. The molecule has 13 nitrogen and oxygen atoms in total. The molecule has 2 aromatic heterocycles. The number of ether oxygens (including phenoxy) is 4. The molecule has 1 atom stereocenters. The highest BCUT2D eigenvalue weighted by Gasteiger charge is 2.43. The average Bonchev–Trinajstić information content (AvgIpc) is 1.76. The number of aromatic nitrogens is 4. The van der Waals surface area contributed by atoms with Gasteiger partial charge >= 0.3 is 18.1 Å². The summed E-state index contributed by atoms with van der Waals surface area (Å²) in [7, 11) is 0. The number of hydrogen-bond donors (Lipinski definition) is 0. The number of carbonyl (C=O) groups is 2. The minimum absolute atomic E-state index is 0.143. The zero-order chi connectivity index (χ0) is 67.2. The van der Waals surface area contributed by atoms with Crippen molar-refractivity contribution in [3.8, 4) is 79.6 Å². The molecular formula is C80H84F3N5O8. The summed E-state index contributed by atoms with van der Waals surface area (Å²) >= 11 is 0. The van der Waals surface area contributed by atoms with Gasteiger partial charge in [-0.3, -0.25) is 9.59 Å². The van der Waals surface area contributed by atoms with Crippen LogP contribution in [0, 0.1) is 10.8 Å². The number of para-hydroxylation sites is 2. The summed E-state index contributed by atoms with van der Waals surface area (Å²) < 4.78 is 74.5. The Hall–Kier alpha value is -9.83. The molecule has 10 rings (SSSR count). The molecule has 96 heavy (non-hydrogen) atoms. The van der Waals surface area contributed by atoms with Crippen molar-refractivity contribution in [1.29, 1.82) is 0 Å². The fourth-order valence-electron chi connectivity index (χ4n) is 11.6. The third-order valence-electron chi connectivity index (χ3n) is 17.3. The summed E-state index contributed by atoms with van der Waals surface area (Å²) in [6, 6.07) is 65.1. The second-order valence-electron chi connectivity index (χ2n) is 25.2. The number of hydrogen-bond acceptors (Lipinski definition) is 13. The van der Waals surface area contributed by atoms with Gasteiger partial charge in [0, 0.05) is 39.3 Å². The summed E-state index contributed by atoms with van der Waals surface area (Å²) in [4.78, 5) is 28.9. The molecule has 0 fully saturated rings. The summed E-state index contributed by atoms with van der Waals surface area (Å²) in [6.07, 6.45) is 9.60. The first-order valence-corrected chi connectivity index (χ1v) is 33.5. The van der Waals surface area contributed by atoms with Crippen molar-refractivity contribution >= 4 is 29.0 Å². The van der Waals surface area contributed by atoms with Gasteiger partial charge in [0.2, 0.25) is 23.6 Å². The monoisotopic (exact) mass is 1300 g/mol. The number of anilines is 3. The van der Waals surface area contributed by atoms with E-state index in [1.54, 1.807) is 0 Å². The predicted molar refractivity (Wildman–Crippen MR) is 371 cm³/mol. The third kappa shape index (κ3) is 19.2. The molecule has 0 aliphatic rings. The van der Waals surface area contributed by atoms with Crippen LogP contribution in [-0.2, 0) is 25.2 Å².